The van der Waals surface area contributed by atoms with Gasteiger partial charge in [0.25, 0.3) is 0 Å². The molecule has 1 aliphatic heterocycles. The van der Waals surface area contributed by atoms with Crippen LogP contribution in [0.3, 0.4) is 0 Å². The largest absolute Gasteiger partial charge is 0.493 e. The van der Waals surface area contributed by atoms with Gasteiger partial charge in [0.15, 0.2) is 11.5 Å². The Morgan fingerprint density at radius 1 is 1.26 bits per heavy atom. The number of benzene rings is 1. The van der Waals surface area contributed by atoms with Gasteiger partial charge in [0.05, 0.1) is 19.0 Å². The third-order valence-corrected chi connectivity index (χ3v) is 7.59. The predicted molar refractivity (Wildman–Crippen MR) is 127 cm³/mol. The molecular formula is C22H33N3O4S2. The number of thiocarbonyl (C=S) groups is 1. The normalized spacial score (nSPS) is 21.1. The molecular weight excluding hydrogens is 434 g/mol. The molecule has 2 fully saturated rings. The van der Waals surface area contributed by atoms with Crippen LogP contribution in [0.1, 0.15) is 51.5 Å². The Morgan fingerprint density at radius 3 is 2.58 bits per heavy atom. The van der Waals surface area contributed by atoms with Crippen LogP contribution in [0.4, 0.5) is 4.79 Å². The molecule has 0 radical (unpaired) electrons. The van der Waals surface area contributed by atoms with Crippen molar-refractivity contribution in [2.24, 2.45) is 0 Å². The number of amides is 2. The van der Waals surface area contributed by atoms with E-state index in [1.54, 1.807) is 14.2 Å². The van der Waals surface area contributed by atoms with Crippen LogP contribution < -0.4 is 14.8 Å². The first-order chi connectivity index (χ1) is 14.8. The number of carbonyl (C=O) groups is 1. The van der Waals surface area contributed by atoms with Crippen LogP contribution in [-0.4, -0.2) is 63.2 Å². The summed E-state index contributed by atoms with van der Waals surface area (Å²) >= 11 is 7.12. The Bertz CT molecular complexity index is 799. The van der Waals surface area contributed by atoms with Crippen molar-refractivity contribution in [3.05, 3.63) is 23.8 Å². The van der Waals surface area contributed by atoms with Gasteiger partial charge in [-0.25, -0.2) is 4.79 Å². The zero-order valence-corrected chi connectivity index (χ0v) is 20.4. The number of methoxy groups -OCH3 is 2. The van der Waals surface area contributed by atoms with Crippen molar-refractivity contribution in [3.63, 3.8) is 0 Å². The third-order valence-electron chi connectivity index (χ3n) is 5.96. The van der Waals surface area contributed by atoms with Crippen molar-refractivity contribution < 1.29 is 19.5 Å². The maximum atomic E-state index is 12.8. The number of nitrogens with one attached hydrogen (secondary N) is 1. The number of hydrogen-bond donors (Lipinski definition) is 2. The highest BCUT2D eigenvalue weighted by Crippen LogP contribution is 2.42. The molecule has 1 atom stereocenters. The molecule has 0 spiro atoms. The lowest BCUT2D eigenvalue weighted by Crippen LogP contribution is -2.58. The maximum Gasteiger partial charge on any atom is 0.343 e. The molecule has 1 heterocycles. The highest BCUT2D eigenvalue weighted by molar-refractivity contribution is 8.24. The molecule has 2 aliphatic rings. The Balaban J connectivity index is 1.70. The van der Waals surface area contributed by atoms with Crippen molar-refractivity contribution in [1.29, 1.82) is 0 Å². The Morgan fingerprint density at radius 2 is 1.94 bits per heavy atom. The van der Waals surface area contributed by atoms with Crippen molar-refractivity contribution in [2.75, 3.05) is 20.8 Å². The number of hydrogen-bond acceptors (Lipinski definition) is 6. The summed E-state index contributed by atoms with van der Waals surface area (Å²) in [4.78, 5) is 14.8. The van der Waals surface area contributed by atoms with E-state index in [0.29, 0.717) is 28.8 Å². The van der Waals surface area contributed by atoms with Crippen molar-refractivity contribution >= 4 is 34.3 Å². The molecule has 9 heteroatoms. The fourth-order valence-corrected chi connectivity index (χ4v) is 6.26. The minimum absolute atomic E-state index is 0.125. The predicted octanol–water partition coefficient (Wildman–Crippen LogP) is 4.42. The molecule has 172 valence electrons. The average Bonchev–Trinajstić information content (AvgIpc) is 2.99. The lowest BCUT2D eigenvalue weighted by molar-refractivity contribution is -0.119. The van der Waals surface area contributed by atoms with E-state index >= 15 is 0 Å². The zero-order valence-electron chi connectivity index (χ0n) is 18.7. The van der Waals surface area contributed by atoms with Crippen LogP contribution in [-0.2, 0) is 6.42 Å². The first kappa shape index (κ1) is 23.9. The van der Waals surface area contributed by atoms with E-state index in [2.05, 4.69) is 5.32 Å². The number of thioether (sulfide) groups is 1. The van der Waals surface area contributed by atoms with Gasteiger partial charge in [-0.2, -0.15) is 5.06 Å². The summed E-state index contributed by atoms with van der Waals surface area (Å²) < 4.78 is 10.9. The quantitative estimate of drug-likeness (QED) is 0.349. The number of ether oxygens (including phenoxy) is 2. The van der Waals surface area contributed by atoms with Gasteiger partial charge in [0.2, 0.25) is 0 Å². The van der Waals surface area contributed by atoms with Crippen molar-refractivity contribution in [2.45, 2.75) is 69.3 Å². The number of rotatable bonds is 7. The molecule has 1 saturated heterocycles. The first-order valence-corrected chi connectivity index (χ1v) is 12.0. The first-order valence-electron chi connectivity index (χ1n) is 10.8. The van der Waals surface area contributed by atoms with Crippen molar-refractivity contribution in [1.82, 2.24) is 15.3 Å². The molecule has 1 saturated carbocycles. The molecule has 1 aromatic rings. The SMILES string of the molecule is COc1ccc(CCN2C(=S)SC(C)(C)C2N(O)C(=O)NC2CCCCC2)cc1OC. The molecule has 0 bridgehead atoms. The van der Waals surface area contributed by atoms with Crippen LogP contribution in [0.2, 0.25) is 0 Å². The van der Waals surface area contributed by atoms with Gasteiger partial charge in [0, 0.05) is 12.6 Å². The summed E-state index contributed by atoms with van der Waals surface area (Å²) in [6, 6.07) is 5.48. The molecule has 31 heavy (non-hydrogen) atoms. The van der Waals surface area contributed by atoms with E-state index in [-0.39, 0.29) is 6.04 Å². The summed E-state index contributed by atoms with van der Waals surface area (Å²) in [5.41, 5.74) is 1.06. The fraction of sp³-hybridized carbons (Fsp3) is 0.636. The van der Waals surface area contributed by atoms with Gasteiger partial charge >= 0.3 is 6.03 Å². The molecule has 3 rings (SSSR count). The summed E-state index contributed by atoms with van der Waals surface area (Å²) in [5.74, 6) is 1.35. The van der Waals surface area contributed by atoms with Gasteiger partial charge in [-0.05, 0) is 50.8 Å². The van der Waals surface area contributed by atoms with Crippen LogP contribution in [0.15, 0.2) is 18.2 Å². The lowest BCUT2D eigenvalue weighted by Gasteiger charge is -2.37. The van der Waals surface area contributed by atoms with Crippen LogP contribution >= 0.6 is 24.0 Å². The van der Waals surface area contributed by atoms with Gasteiger partial charge in [0.1, 0.15) is 10.5 Å². The van der Waals surface area contributed by atoms with Crippen LogP contribution in [0.5, 0.6) is 11.5 Å². The number of nitrogens with zero attached hydrogens (tertiary/aromatic N) is 2. The van der Waals surface area contributed by atoms with E-state index in [1.165, 1.54) is 18.2 Å². The number of urea groups is 1. The van der Waals surface area contributed by atoms with Crippen LogP contribution in [0, 0.1) is 0 Å². The summed E-state index contributed by atoms with van der Waals surface area (Å²) in [6.07, 6.45) is 5.50. The molecule has 2 N–H and O–H groups in total. The van der Waals surface area contributed by atoms with E-state index in [4.69, 9.17) is 21.7 Å². The molecule has 1 aliphatic carbocycles. The monoisotopic (exact) mass is 467 g/mol. The molecule has 2 amide bonds. The van der Waals surface area contributed by atoms with E-state index < -0.39 is 16.9 Å². The van der Waals surface area contributed by atoms with Gasteiger partial charge in [-0.3, -0.25) is 5.21 Å². The fourth-order valence-electron chi connectivity index (χ4n) is 4.34. The molecule has 7 nitrogen and oxygen atoms in total. The smallest absolute Gasteiger partial charge is 0.343 e. The zero-order chi connectivity index (χ0) is 22.6. The second-order valence-electron chi connectivity index (χ2n) is 8.61. The topological polar surface area (TPSA) is 74.3 Å². The second-order valence-corrected chi connectivity index (χ2v) is 10.9. The minimum atomic E-state index is -0.547. The highest BCUT2D eigenvalue weighted by atomic mass is 32.2. The Hall–Kier alpha value is -1.71. The summed E-state index contributed by atoms with van der Waals surface area (Å²) in [5, 5.41) is 14.7. The minimum Gasteiger partial charge on any atom is -0.493 e. The summed E-state index contributed by atoms with van der Waals surface area (Å²) in [7, 11) is 3.22. The number of carbonyl (C=O) groups excluding carboxylic acids is 1. The number of hydroxylamine groups is 2. The van der Waals surface area contributed by atoms with E-state index in [0.717, 1.165) is 36.3 Å². The van der Waals surface area contributed by atoms with Crippen molar-refractivity contribution in [3.8, 4) is 11.5 Å². The Kier molecular flexibility index (Phi) is 7.93. The standard InChI is InChI=1S/C22H33N3O4S2/c1-22(2)19(25(27)20(26)23-16-8-6-5-7-9-16)24(21(30)31-22)13-12-15-10-11-17(28-3)18(14-15)29-4/h10-11,14,16,19,27H,5-9,12-13H2,1-4H3,(H,23,26). The third kappa shape index (κ3) is 5.56. The van der Waals surface area contributed by atoms with E-state index in [1.807, 2.05) is 36.9 Å². The Labute approximate surface area is 194 Å². The second kappa shape index (κ2) is 10.3. The van der Waals surface area contributed by atoms with Gasteiger partial charge < -0.3 is 19.7 Å². The highest BCUT2D eigenvalue weighted by Gasteiger charge is 2.49. The molecule has 1 aromatic carbocycles. The van der Waals surface area contributed by atoms with E-state index in [9.17, 15) is 10.0 Å². The molecule has 1 unspecified atom stereocenters. The van der Waals surface area contributed by atoms with Gasteiger partial charge in [-0.1, -0.05) is 49.3 Å². The van der Waals surface area contributed by atoms with Gasteiger partial charge in [-0.15, -0.1) is 0 Å². The lowest BCUT2D eigenvalue weighted by atomic mass is 9.96. The summed E-state index contributed by atoms with van der Waals surface area (Å²) in [6.45, 7) is 4.58. The maximum absolute atomic E-state index is 12.8. The van der Waals surface area contributed by atoms with Crippen LogP contribution in [0.25, 0.3) is 0 Å². The molecule has 0 aromatic heterocycles. The average molecular weight is 468 g/mol.